The lowest BCUT2D eigenvalue weighted by Gasteiger charge is -2.22. The van der Waals surface area contributed by atoms with Crippen LogP contribution in [0.4, 0.5) is 0 Å². The Balaban J connectivity index is 2.34. The highest BCUT2D eigenvalue weighted by atomic mass is 16.5. The molecule has 6 heteroatoms. The van der Waals surface area contributed by atoms with Crippen LogP contribution in [0.15, 0.2) is 23.2 Å². The molecular weight excluding hydrogens is 282 g/mol. The third-order valence-corrected chi connectivity index (χ3v) is 3.47. The van der Waals surface area contributed by atoms with Gasteiger partial charge in [0.1, 0.15) is 0 Å². The molecule has 22 heavy (non-hydrogen) atoms. The second kappa shape index (κ2) is 6.25. The van der Waals surface area contributed by atoms with Crippen molar-refractivity contribution in [2.45, 2.75) is 32.7 Å². The van der Waals surface area contributed by atoms with E-state index < -0.39 is 11.5 Å². The lowest BCUT2D eigenvalue weighted by atomic mass is 9.90. The van der Waals surface area contributed by atoms with Gasteiger partial charge in [-0.1, -0.05) is 13.8 Å². The summed E-state index contributed by atoms with van der Waals surface area (Å²) >= 11 is 0. The normalized spacial score (nSPS) is 19.9. The molecule has 6 nitrogen and oxygen atoms in total. The van der Waals surface area contributed by atoms with Crippen LogP contribution in [-0.4, -0.2) is 34.4 Å². The predicted octanol–water partition coefficient (Wildman–Crippen LogP) is 1.59. The Hall–Kier alpha value is -2.24. The first-order chi connectivity index (χ1) is 10.3. The molecular formula is C16H21N3O3. The van der Waals surface area contributed by atoms with E-state index in [0.29, 0.717) is 11.6 Å². The van der Waals surface area contributed by atoms with E-state index in [4.69, 9.17) is 4.74 Å². The van der Waals surface area contributed by atoms with Gasteiger partial charge in [0.05, 0.1) is 11.4 Å². The number of ether oxygens (including phenoxy) is 1. The van der Waals surface area contributed by atoms with Gasteiger partial charge in [0, 0.05) is 20.2 Å². The van der Waals surface area contributed by atoms with Gasteiger partial charge in [-0.25, -0.2) is 0 Å². The summed E-state index contributed by atoms with van der Waals surface area (Å²) in [6.07, 6.45) is 5.85. The summed E-state index contributed by atoms with van der Waals surface area (Å²) in [6, 6.07) is 1.90. The fourth-order valence-corrected chi connectivity index (χ4v) is 2.52. The summed E-state index contributed by atoms with van der Waals surface area (Å²) in [5.74, 6) is -0.301. The molecule has 0 fully saturated rings. The van der Waals surface area contributed by atoms with E-state index >= 15 is 0 Å². The molecule has 0 spiro atoms. The minimum Gasteiger partial charge on any atom is -0.458 e. The Kier molecular flexibility index (Phi) is 4.59. The summed E-state index contributed by atoms with van der Waals surface area (Å²) in [6.45, 7) is 5.20. The SMILES string of the molecule is CC(=O)OCC(=O)C1(c2cc(CC(C)C)nn2C)C=CC=N1. The summed E-state index contributed by atoms with van der Waals surface area (Å²) < 4.78 is 6.52. The first-order valence-corrected chi connectivity index (χ1v) is 7.28. The zero-order valence-electron chi connectivity index (χ0n) is 13.4. The Morgan fingerprint density at radius 1 is 1.41 bits per heavy atom. The van der Waals surface area contributed by atoms with Crippen LogP contribution in [-0.2, 0) is 33.3 Å². The fourth-order valence-electron chi connectivity index (χ4n) is 2.52. The molecule has 0 bridgehead atoms. The number of nitrogens with zero attached hydrogens (tertiary/aromatic N) is 3. The smallest absolute Gasteiger partial charge is 0.303 e. The largest absolute Gasteiger partial charge is 0.458 e. The van der Waals surface area contributed by atoms with Crippen LogP contribution < -0.4 is 0 Å². The number of carbonyl (C=O) groups is 2. The molecule has 118 valence electrons. The Labute approximate surface area is 129 Å². The van der Waals surface area contributed by atoms with Crippen molar-refractivity contribution in [1.29, 1.82) is 0 Å². The number of aliphatic imine (C=N–C) groups is 1. The van der Waals surface area contributed by atoms with Crippen molar-refractivity contribution in [3.8, 4) is 0 Å². The van der Waals surface area contributed by atoms with E-state index in [1.54, 1.807) is 30.1 Å². The van der Waals surface area contributed by atoms with Crippen molar-refractivity contribution in [3.63, 3.8) is 0 Å². The Morgan fingerprint density at radius 2 is 2.14 bits per heavy atom. The zero-order chi connectivity index (χ0) is 16.3. The second-order valence-electron chi connectivity index (χ2n) is 5.85. The highest BCUT2D eigenvalue weighted by molar-refractivity contribution is 5.98. The average molecular weight is 303 g/mol. The maximum absolute atomic E-state index is 12.6. The number of hydrogen-bond acceptors (Lipinski definition) is 5. The first-order valence-electron chi connectivity index (χ1n) is 7.28. The lowest BCUT2D eigenvalue weighted by molar-refractivity contribution is -0.146. The molecule has 0 saturated carbocycles. The number of hydrogen-bond donors (Lipinski definition) is 0. The van der Waals surface area contributed by atoms with Gasteiger partial charge in [-0.3, -0.25) is 19.3 Å². The molecule has 2 heterocycles. The number of carbonyl (C=O) groups excluding carboxylic acids is 2. The molecule has 1 aromatic heterocycles. The average Bonchev–Trinajstić information content (AvgIpc) is 3.03. The van der Waals surface area contributed by atoms with E-state index in [9.17, 15) is 9.59 Å². The van der Waals surface area contributed by atoms with Crippen LogP contribution in [0.5, 0.6) is 0 Å². The van der Waals surface area contributed by atoms with Crippen molar-refractivity contribution >= 4 is 18.0 Å². The molecule has 1 aromatic rings. The summed E-state index contributed by atoms with van der Waals surface area (Å²) in [4.78, 5) is 27.9. The zero-order valence-corrected chi connectivity index (χ0v) is 13.4. The van der Waals surface area contributed by atoms with Gasteiger partial charge in [0.25, 0.3) is 0 Å². The molecule has 0 radical (unpaired) electrons. The number of allylic oxidation sites excluding steroid dienone is 1. The Bertz CT molecular complexity index is 629. The quantitative estimate of drug-likeness (QED) is 0.748. The number of esters is 1. The van der Waals surface area contributed by atoms with Crippen LogP contribution in [0.2, 0.25) is 0 Å². The summed E-state index contributed by atoms with van der Waals surface area (Å²) in [5, 5.41) is 4.47. The van der Waals surface area contributed by atoms with Crippen molar-refractivity contribution in [3.05, 3.63) is 29.6 Å². The third kappa shape index (κ3) is 3.16. The third-order valence-electron chi connectivity index (χ3n) is 3.47. The number of aromatic nitrogens is 2. The molecule has 0 amide bonds. The number of rotatable bonds is 6. The molecule has 1 aliphatic heterocycles. The highest BCUT2D eigenvalue weighted by Gasteiger charge is 2.41. The van der Waals surface area contributed by atoms with E-state index in [0.717, 1.165) is 12.1 Å². The van der Waals surface area contributed by atoms with Gasteiger partial charge in [0.15, 0.2) is 12.1 Å². The second-order valence-corrected chi connectivity index (χ2v) is 5.85. The van der Waals surface area contributed by atoms with Gasteiger partial charge in [0.2, 0.25) is 5.78 Å². The first kappa shape index (κ1) is 16.1. The number of ketones is 1. The minimum absolute atomic E-state index is 0.285. The molecule has 1 unspecified atom stereocenters. The van der Waals surface area contributed by atoms with Crippen LogP contribution in [0.1, 0.15) is 32.2 Å². The van der Waals surface area contributed by atoms with Crippen molar-refractivity contribution in [1.82, 2.24) is 9.78 Å². The molecule has 1 atom stereocenters. The topological polar surface area (TPSA) is 73.6 Å². The molecule has 1 aliphatic rings. The Morgan fingerprint density at radius 3 is 2.68 bits per heavy atom. The van der Waals surface area contributed by atoms with Gasteiger partial charge in [-0.05, 0) is 30.6 Å². The standard InChI is InChI=1S/C16H21N3O3/c1-11(2)8-13-9-14(19(4)18-13)16(6-5-7-17-16)15(21)10-22-12(3)20/h5-7,9,11H,8,10H2,1-4H3. The maximum atomic E-state index is 12.6. The van der Waals surface area contributed by atoms with E-state index in [-0.39, 0.29) is 12.4 Å². The monoisotopic (exact) mass is 303 g/mol. The molecule has 0 saturated heterocycles. The van der Waals surface area contributed by atoms with Crippen LogP contribution >= 0.6 is 0 Å². The molecule has 0 aromatic carbocycles. The van der Waals surface area contributed by atoms with Crippen LogP contribution in [0.25, 0.3) is 0 Å². The van der Waals surface area contributed by atoms with Gasteiger partial charge >= 0.3 is 5.97 Å². The number of aryl methyl sites for hydroxylation is 1. The van der Waals surface area contributed by atoms with Crippen molar-refractivity contribution in [2.24, 2.45) is 18.0 Å². The van der Waals surface area contributed by atoms with Crippen molar-refractivity contribution in [2.75, 3.05) is 6.61 Å². The van der Waals surface area contributed by atoms with Gasteiger partial charge < -0.3 is 4.74 Å². The number of Topliss-reactive ketones (excluding diaryl/α,β-unsaturated/α-hetero) is 1. The van der Waals surface area contributed by atoms with Gasteiger partial charge in [-0.15, -0.1) is 0 Å². The summed E-state index contributed by atoms with van der Waals surface area (Å²) in [5.41, 5.74) is 0.458. The predicted molar refractivity (Wildman–Crippen MR) is 82.7 cm³/mol. The lowest BCUT2D eigenvalue weighted by Crippen LogP contribution is -2.36. The summed E-state index contributed by atoms with van der Waals surface area (Å²) in [7, 11) is 1.79. The van der Waals surface area contributed by atoms with Gasteiger partial charge in [-0.2, -0.15) is 5.10 Å². The van der Waals surface area contributed by atoms with E-state index in [2.05, 4.69) is 23.9 Å². The molecule has 0 aliphatic carbocycles. The minimum atomic E-state index is -1.15. The molecule has 0 N–H and O–H groups in total. The molecule has 2 rings (SSSR count). The van der Waals surface area contributed by atoms with Crippen molar-refractivity contribution < 1.29 is 14.3 Å². The fraction of sp³-hybridized carbons (Fsp3) is 0.500. The van der Waals surface area contributed by atoms with Crippen LogP contribution in [0, 0.1) is 5.92 Å². The van der Waals surface area contributed by atoms with E-state index in [1.165, 1.54) is 6.92 Å². The highest BCUT2D eigenvalue weighted by Crippen LogP contribution is 2.32. The van der Waals surface area contributed by atoms with E-state index in [1.807, 2.05) is 6.07 Å². The van der Waals surface area contributed by atoms with Crippen LogP contribution in [0.3, 0.4) is 0 Å². The maximum Gasteiger partial charge on any atom is 0.303 e.